The Balaban J connectivity index is 2.24. The van der Waals surface area contributed by atoms with E-state index < -0.39 is 11.7 Å². The van der Waals surface area contributed by atoms with E-state index in [4.69, 9.17) is 11.6 Å². The van der Waals surface area contributed by atoms with E-state index in [2.05, 4.69) is 21.2 Å². The lowest BCUT2D eigenvalue weighted by molar-refractivity contribution is 0.102. The second-order valence-electron chi connectivity index (χ2n) is 3.59. The zero-order valence-corrected chi connectivity index (χ0v) is 11.4. The van der Waals surface area contributed by atoms with Gasteiger partial charge in [-0.25, -0.2) is 4.39 Å². The van der Waals surface area contributed by atoms with Crippen LogP contribution in [0.15, 0.2) is 46.9 Å². The molecule has 0 saturated carbocycles. The Hall–Kier alpha value is -1.39. The number of hydrogen-bond acceptors (Lipinski definition) is 1. The molecule has 92 valence electrons. The van der Waals surface area contributed by atoms with Gasteiger partial charge in [-0.1, -0.05) is 33.6 Å². The minimum atomic E-state index is -0.572. The molecule has 0 saturated heterocycles. The summed E-state index contributed by atoms with van der Waals surface area (Å²) >= 11 is 8.99. The van der Waals surface area contributed by atoms with Crippen LogP contribution in [0.1, 0.15) is 10.4 Å². The number of carbonyl (C=O) groups is 1. The van der Waals surface area contributed by atoms with Crippen LogP contribution in [0.4, 0.5) is 10.1 Å². The molecule has 0 heterocycles. The molecule has 2 aromatic carbocycles. The summed E-state index contributed by atoms with van der Waals surface area (Å²) in [4.78, 5) is 11.9. The van der Waals surface area contributed by atoms with Crippen molar-refractivity contribution in [1.82, 2.24) is 0 Å². The summed E-state index contributed by atoms with van der Waals surface area (Å²) < 4.78 is 14.1. The fourth-order valence-corrected chi connectivity index (χ4v) is 1.99. The van der Waals surface area contributed by atoms with Gasteiger partial charge in [-0.2, -0.15) is 0 Å². The number of hydrogen-bond donors (Lipinski definition) is 1. The first-order valence-electron chi connectivity index (χ1n) is 5.08. The Morgan fingerprint density at radius 1 is 1.22 bits per heavy atom. The van der Waals surface area contributed by atoms with Crippen LogP contribution in [0, 0.1) is 5.82 Å². The SMILES string of the molecule is O=C(Nc1cccc(Cl)c1)c1cc(Br)ccc1F. The van der Waals surface area contributed by atoms with Gasteiger partial charge in [0, 0.05) is 15.2 Å². The summed E-state index contributed by atoms with van der Waals surface area (Å²) in [5, 5.41) is 3.09. The third-order valence-electron chi connectivity index (χ3n) is 2.26. The van der Waals surface area contributed by atoms with Crippen molar-refractivity contribution in [1.29, 1.82) is 0 Å². The Morgan fingerprint density at radius 2 is 2.00 bits per heavy atom. The number of rotatable bonds is 2. The predicted molar refractivity (Wildman–Crippen MR) is 73.5 cm³/mol. The lowest BCUT2D eigenvalue weighted by atomic mass is 10.2. The minimum Gasteiger partial charge on any atom is -0.322 e. The van der Waals surface area contributed by atoms with Gasteiger partial charge in [0.1, 0.15) is 5.82 Å². The number of amides is 1. The van der Waals surface area contributed by atoms with Crippen LogP contribution in [0.5, 0.6) is 0 Å². The standard InChI is InChI=1S/C13H8BrClFNO/c14-8-4-5-12(16)11(6-8)13(18)17-10-3-1-2-9(15)7-10/h1-7H,(H,17,18). The molecule has 1 N–H and O–H groups in total. The van der Waals surface area contributed by atoms with Crippen molar-refractivity contribution in [3.8, 4) is 0 Å². The molecule has 0 fully saturated rings. The molecule has 2 nitrogen and oxygen atoms in total. The first-order valence-corrected chi connectivity index (χ1v) is 6.25. The van der Waals surface area contributed by atoms with Crippen LogP contribution in [0.25, 0.3) is 0 Å². The van der Waals surface area contributed by atoms with Crippen molar-refractivity contribution in [3.63, 3.8) is 0 Å². The maximum absolute atomic E-state index is 13.5. The monoisotopic (exact) mass is 327 g/mol. The number of carbonyl (C=O) groups excluding carboxylic acids is 1. The molecule has 0 atom stereocenters. The molecule has 0 unspecified atom stereocenters. The molecular formula is C13H8BrClFNO. The van der Waals surface area contributed by atoms with E-state index in [-0.39, 0.29) is 5.56 Å². The first kappa shape index (κ1) is 13.1. The average Bonchev–Trinajstić information content (AvgIpc) is 2.32. The summed E-state index contributed by atoms with van der Waals surface area (Å²) in [5.41, 5.74) is 0.497. The fraction of sp³-hybridized carbons (Fsp3) is 0. The molecule has 0 aromatic heterocycles. The van der Waals surface area contributed by atoms with Crippen LogP contribution in [-0.4, -0.2) is 5.91 Å². The first-order chi connectivity index (χ1) is 8.56. The fourth-order valence-electron chi connectivity index (χ4n) is 1.44. The van der Waals surface area contributed by atoms with Crippen molar-refractivity contribution in [2.24, 2.45) is 0 Å². The lowest BCUT2D eigenvalue weighted by Gasteiger charge is -2.06. The van der Waals surface area contributed by atoms with E-state index in [1.807, 2.05) is 0 Å². The highest BCUT2D eigenvalue weighted by Gasteiger charge is 2.12. The molecule has 0 aliphatic heterocycles. The van der Waals surface area contributed by atoms with Gasteiger partial charge < -0.3 is 5.32 Å². The Labute approximate surface area is 117 Å². The summed E-state index contributed by atoms with van der Waals surface area (Å²) in [5.74, 6) is -1.09. The normalized spacial score (nSPS) is 10.2. The molecule has 0 aliphatic carbocycles. The third kappa shape index (κ3) is 3.09. The van der Waals surface area contributed by atoms with Crippen molar-refractivity contribution < 1.29 is 9.18 Å². The molecular weight excluding hydrogens is 321 g/mol. The van der Waals surface area contributed by atoms with Crippen LogP contribution < -0.4 is 5.32 Å². The van der Waals surface area contributed by atoms with Gasteiger partial charge in [0.25, 0.3) is 5.91 Å². The Morgan fingerprint density at radius 3 is 2.72 bits per heavy atom. The van der Waals surface area contributed by atoms with E-state index in [1.54, 1.807) is 24.3 Å². The number of nitrogens with one attached hydrogen (secondary N) is 1. The molecule has 0 bridgehead atoms. The summed E-state index contributed by atoms with van der Waals surface area (Å²) in [6, 6.07) is 10.9. The van der Waals surface area contributed by atoms with Gasteiger partial charge in [-0.3, -0.25) is 4.79 Å². The van der Waals surface area contributed by atoms with Crippen LogP contribution >= 0.6 is 27.5 Å². The van der Waals surface area contributed by atoms with Crippen molar-refractivity contribution in [2.75, 3.05) is 5.32 Å². The zero-order chi connectivity index (χ0) is 13.1. The molecule has 18 heavy (non-hydrogen) atoms. The van der Waals surface area contributed by atoms with E-state index in [1.165, 1.54) is 18.2 Å². The van der Waals surface area contributed by atoms with Crippen LogP contribution in [-0.2, 0) is 0 Å². The summed E-state index contributed by atoms with van der Waals surface area (Å²) in [6.07, 6.45) is 0. The van der Waals surface area contributed by atoms with Crippen molar-refractivity contribution in [3.05, 3.63) is 63.3 Å². The number of anilines is 1. The second-order valence-corrected chi connectivity index (χ2v) is 4.94. The highest BCUT2D eigenvalue weighted by Crippen LogP contribution is 2.19. The molecule has 2 aromatic rings. The zero-order valence-electron chi connectivity index (χ0n) is 9.08. The van der Waals surface area contributed by atoms with E-state index in [9.17, 15) is 9.18 Å². The van der Waals surface area contributed by atoms with Crippen molar-refractivity contribution in [2.45, 2.75) is 0 Å². The van der Waals surface area contributed by atoms with Crippen LogP contribution in [0.3, 0.4) is 0 Å². The van der Waals surface area contributed by atoms with E-state index in [0.29, 0.717) is 15.2 Å². The number of benzene rings is 2. The van der Waals surface area contributed by atoms with Gasteiger partial charge in [0.05, 0.1) is 5.56 Å². The van der Waals surface area contributed by atoms with Gasteiger partial charge in [0.2, 0.25) is 0 Å². The molecule has 0 radical (unpaired) electrons. The Kier molecular flexibility index (Phi) is 3.99. The van der Waals surface area contributed by atoms with Gasteiger partial charge in [-0.05, 0) is 36.4 Å². The smallest absolute Gasteiger partial charge is 0.258 e. The topological polar surface area (TPSA) is 29.1 Å². The molecule has 0 aliphatic rings. The Bertz CT molecular complexity index is 603. The summed E-state index contributed by atoms with van der Waals surface area (Å²) in [7, 11) is 0. The van der Waals surface area contributed by atoms with Gasteiger partial charge in [-0.15, -0.1) is 0 Å². The quantitative estimate of drug-likeness (QED) is 0.864. The molecule has 2 rings (SSSR count). The van der Waals surface area contributed by atoms with E-state index in [0.717, 1.165) is 0 Å². The number of halogens is 3. The third-order valence-corrected chi connectivity index (χ3v) is 2.98. The highest BCUT2D eigenvalue weighted by molar-refractivity contribution is 9.10. The van der Waals surface area contributed by atoms with Crippen molar-refractivity contribution >= 4 is 39.1 Å². The predicted octanol–water partition coefficient (Wildman–Crippen LogP) is 4.49. The summed E-state index contributed by atoms with van der Waals surface area (Å²) in [6.45, 7) is 0. The lowest BCUT2D eigenvalue weighted by Crippen LogP contribution is -2.13. The second kappa shape index (κ2) is 5.50. The largest absolute Gasteiger partial charge is 0.322 e. The van der Waals surface area contributed by atoms with Gasteiger partial charge in [0.15, 0.2) is 0 Å². The van der Waals surface area contributed by atoms with E-state index >= 15 is 0 Å². The molecule has 5 heteroatoms. The molecule has 0 spiro atoms. The minimum absolute atomic E-state index is 0.0237. The average molecular weight is 329 g/mol. The molecule has 1 amide bonds. The van der Waals surface area contributed by atoms with Gasteiger partial charge >= 0.3 is 0 Å². The maximum Gasteiger partial charge on any atom is 0.258 e. The highest BCUT2D eigenvalue weighted by atomic mass is 79.9. The van der Waals surface area contributed by atoms with Crippen LogP contribution in [0.2, 0.25) is 5.02 Å². The maximum atomic E-state index is 13.5.